The van der Waals surface area contributed by atoms with Crippen molar-refractivity contribution >= 4 is 65.3 Å². The molecule has 0 unspecified atom stereocenters. The summed E-state index contributed by atoms with van der Waals surface area (Å²) >= 11 is -0.826. The molecule has 0 saturated heterocycles. The normalized spacial score (nSPS) is 6.77. The van der Waals surface area contributed by atoms with Gasteiger partial charge < -0.3 is 31.1 Å². The molecule has 206 valence electrons. The summed E-state index contributed by atoms with van der Waals surface area (Å²) in [6.45, 7) is 1.32. The second-order valence-corrected chi connectivity index (χ2v) is 9.51. The van der Waals surface area contributed by atoms with E-state index >= 15 is 0 Å². The number of anilines is 2. The summed E-state index contributed by atoms with van der Waals surface area (Å²) in [7, 11) is 9.87. The van der Waals surface area contributed by atoms with Gasteiger partial charge in [0.25, 0.3) is 0 Å². The average Bonchev–Trinajstić information content (AvgIpc) is 3.32. The molecule has 0 fully saturated rings. The Morgan fingerprint density at radius 3 is 1.62 bits per heavy atom. The number of hydrogen-bond donors (Lipinski definition) is 4. The summed E-state index contributed by atoms with van der Waals surface area (Å²) < 4.78 is 0. The maximum atomic E-state index is 8.68. The van der Waals surface area contributed by atoms with Crippen molar-refractivity contribution in [3.8, 4) is 0 Å². The van der Waals surface area contributed by atoms with E-state index in [4.69, 9.17) is 44.3 Å². The smallest absolute Gasteiger partial charge is 0.477 e. The molecule has 14 heteroatoms. The number of H-pyrrole nitrogens is 1. The van der Waals surface area contributed by atoms with Gasteiger partial charge in [-0.25, -0.2) is 0 Å². The Labute approximate surface area is 325 Å². The van der Waals surface area contributed by atoms with Crippen LogP contribution in [0, 0.1) is 16.3 Å². The fraction of sp³-hybridized carbons (Fsp3) is 0.160. The van der Waals surface area contributed by atoms with Gasteiger partial charge in [0.2, 0.25) is 0 Å². The Kier molecular flexibility index (Phi) is 72.8. The zero-order chi connectivity index (χ0) is 25.2. The van der Waals surface area contributed by atoms with Crippen molar-refractivity contribution in [3.05, 3.63) is 107 Å². The van der Waals surface area contributed by atoms with Crippen LogP contribution in [0.15, 0.2) is 96.3 Å². The van der Waals surface area contributed by atoms with Gasteiger partial charge in [0.1, 0.15) is 0 Å². The van der Waals surface area contributed by atoms with Gasteiger partial charge in [0.05, 0.1) is 0 Å². The van der Waals surface area contributed by atoms with Crippen LogP contribution in [-0.4, -0.2) is 30.2 Å². The van der Waals surface area contributed by atoms with E-state index in [2.05, 4.69) is 22.7 Å². The summed E-state index contributed by atoms with van der Waals surface area (Å²) in [6.07, 6.45) is 4.41. The van der Waals surface area contributed by atoms with Crippen molar-refractivity contribution in [1.82, 2.24) is 4.98 Å². The minimum absolute atomic E-state index is 0. The number of nitrogen functional groups attached to an aromatic ring is 2. The maximum Gasteiger partial charge on any atom is 1.00 e. The zero-order valence-corrected chi connectivity index (χ0v) is 31.9. The van der Waals surface area contributed by atoms with Gasteiger partial charge in [0.15, 0.2) is 0 Å². The molecule has 1 aromatic heterocycles. The molecule has 1 heterocycles. The van der Waals surface area contributed by atoms with E-state index in [-0.39, 0.29) is 119 Å². The molecule has 0 atom stereocenters. The van der Waals surface area contributed by atoms with Crippen molar-refractivity contribution in [3.63, 3.8) is 0 Å². The minimum atomic E-state index is -0.826. The summed E-state index contributed by atoms with van der Waals surface area (Å²) in [5, 5.41) is 10.2. The molecule has 0 amide bonds. The zero-order valence-electron chi connectivity index (χ0n) is 20.9. The van der Waals surface area contributed by atoms with Crippen molar-refractivity contribution in [2.75, 3.05) is 11.2 Å². The van der Waals surface area contributed by atoms with Crippen LogP contribution < -0.4 is 46.6 Å². The van der Waals surface area contributed by atoms with Crippen LogP contribution in [0.3, 0.4) is 0 Å². The predicted molar refractivity (Wildman–Crippen MR) is 162 cm³/mol. The second-order valence-electron chi connectivity index (χ2n) is 5.27. The predicted octanol–water partition coefficient (Wildman–Crippen LogP) is 4.59. The van der Waals surface area contributed by atoms with E-state index in [9.17, 15) is 0 Å². The quantitative estimate of drug-likeness (QED) is 0.0551. The van der Waals surface area contributed by atoms with E-state index < -0.39 is 18.9 Å². The molecule has 4 rings (SSSR count). The first-order chi connectivity index (χ1) is 16.0. The Bertz CT molecular complexity index is 939. The van der Waals surface area contributed by atoms with Crippen LogP contribution >= 0.6 is 17.8 Å². The standard InChI is InChI=1S/C8H6N.C6H8N2.C6H7N.C2H3O.3CH4.2ClH.HNO2.Na.Sn.2Y/c1-2-4-8-7(3-1)5-6-9-8;7-8-6-4-2-1-3-5-6;7-6-4-2-1-3-5-6;1-2-3;;;;;;2-1-3;;;;/h1-5,9H;1-5,8H,7H2;1-5H,7H2;1H3;3*1H4;2*1H;(H,2,3);;;;/q-1;;;-1;;;;;;;+1;+2;;/p-2. The number of carbonyl (C=O) groups excluding carboxylic acids is 1. The number of hydrazine groups is 1. The number of hydrogen-bond acceptors (Lipinski definition) is 7. The molecule has 4 radical (unpaired) electrons. The van der Waals surface area contributed by atoms with Crippen LogP contribution in [0.5, 0.6) is 0 Å². The van der Waals surface area contributed by atoms with E-state index in [1.165, 1.54) is 18.6 Å². The number of nitrogens with one attached hydrogen (secondary N) is 2. The summed E-state index contributed by atoms with van der Waals surface area (Å²) in [4.78, 5) is 19.7. The van der Waals surface area contributed by atoms with Gasteiger partial charge in [-0.1, -0.05) is 70.8 Å². The van der Waals surface area contributed by atoms with E-state index in [0.717, 1.165) is 22.2 Å². The molecule has 8 nitrogen and oxygen atoms in total. The van der Waals surface area contributed by atoms with Gasteiger partial charge in [-0.3, -0.25) is 12.1 Å². The molecule has 0 spiro atoms. The van der Waals surface area contributed by atoms with Crippen LogP contribution in [-0.2, 0) is 70.2 Å². The van der Waals surface area contributed by atoms with Crippen molar-refractivity contribution in [2.24, 2.45) is 11.2 Å². The Balaban J connectivity index is -0.0000000419. The number of fused-ring (bicyclic) bond motifs is 1. The second kappa shape index (κ2) is 48.2. The Morgan fingerprint density at radius 2 is 1.31 bits per heavy atom. The summed E-state index contributed by atoms with van der Waals surface area (Å²) in [5.41, 5.74) is 10.8. The molecule has 0 aliphatic carbocycles. The van der Waals surface area contributed by atoms with Crippen molar-refractivity contribution in [1.29, 1.82) is 0 Å². The molecular formula is C25H37Cl2N5NaO3SnY2-. The van der Waals surface area contributed by atoms with Crippen LogP contribution in [0.1, 0.15) is 30.6 Å². The number of aromatic amines is 1. The van der Waals surface area contributed by atoms with E-state index in [1.807, 2.05) is 84.9 Å². The molecule has 0 aliphatic heterocycles. The fourth-order valence-corrected chi connectivity index (χ4v) is 1.92. The minimum Gasteiger partial charge on any atom is -0.477 e. The first-order valence-electron chi connectivity index (χ1n) is 9.00. The summed E-state index contributed by atoms with van der Waals surface area (Å²) in [6, 6.07) is 29.1. The van der Waals surface area contributed by atoms with Gasteiger partial charge in [-0.15, -0.1) is 29.2 Å². The van der Waals surface area contributed by atoms with Crippen LogP contribution in [0.4, 0.5) is 11.4 Å². The van der Waals surface area contributed by atoms with Crippen LogP contribution in [0.25, 0.3) is 10.9 Å². The Hall–Kier alpha value is 0.416. The van der Waals surface area contributed by atoms with E-state index in [0.29, 0.717) is 0 Å². The topological polar surface area (TPSA) is 149 Å². The number of rotatable bonds is 1. The molecular weight excluding hydrogens is 809 g/mol. The third-order valence-corrected chi connectivity index (χ3v) is 3.14. The molecule has 0 bridgehead atoms. The van der Waals surface area contributed by atoms with Gasteiger partial charge >= 0.3 is 67.7 Å². The fourth-order valence-electron chi connectivity index (χ4n) is 1.92. The number of aromatic nitrogens is 1. The van der Waals surface area contributed by atoms with Crippen molar-refractivity contribution < 1.29 is 101 Å². The first kappa shape index (κ1) is 58.9. The maximum absolute atomic E-state index is 8.68. The average molecular weight is 846 g/mol. The number of nitrogens with two attached hydrogens (primary N) is 2. The molecule has 3 aromatic carbocycles. The molecule has 0 aliphatic rings. The largest absolute Gasteiger partial charge is 1.00 e. The monoisotopic (exact) mass is 846 g/mol. The molecule has 0 saturated carbocycles. The van der Waals surface area contributed by atoms with Gasteiger partial charge in [-0.05, 0) is 24.3 Å². The van der Waals surface area contributed by atoms with E-state index in [1.54, 1.807) is 0 Å². The number of nitrogens with zero attached hydrogens (tertiary/aromatic N) is 1. The first-order valence-corrected chi connectivity index (χ1v) is 16.2. The molecule has 6 N–H and O–H groups in total. The number of para-hydroxylation sites is 3. The third-order valence-electron chi connectivity index (χ3n) is 3.14. The van der Waals surface area contributed by atoms with Gasteiger partial charge in [0, 0.05) is 76.8 Å². The molecule has 4 aromatic rings. The summed E-state index contributed by atoms with van der Waals surface area (Å²) in [5.74, 6) is 5.10. The van der Waals surface area contributed by atoms with Crippen molar-refractivity contribution in [2.45, 2.75) is 29.2 Å². The Morgan fingerprint density at radius 1 is 0.949 bits per heavy atom. The SMILES string of the molecule is C.C.C.C[C-]=O.NNc1ccccc1.Nc1ccccc1.O=N[O-].[Cl][Sn][Cl].[H+].[Na+].[Y].[Y].[c-]1cc2ccccc2[nH]1. The number of halogens is 2. The third kappa shape index (κ3) is 40.6. The van der Waals surface area contributed by atoms with Crippen LogP contribution in [0.2, 0.25) is 0 Å². The van der Waals surface area contributed by atoms with Gasteiger partial charge in [-0.2, -0.15) is 18.4 Å². The number of benzene rings is 3. The molecule has 39 heavy (non-hydrogen) atoms.